The number of benzene rings is 4. The zero-order valence-corrected chi connectivity index (χ0v) is 36.7. The highest BCUT2D eigenvalue weighted by Crippen LogP contribution is 2.60. The largest absolute Gasteiger partial charge is 0.497 e. The molecule has 4 atom stereocenters. The monoisotopic (exact) mass is 844 g/mol. The number of amides is 3. The maximum atomic E-state index is 15.4. The number of hydrogen-bond donors (Lipinski definition) is 1. The number of fused-ring (bicyclic) bond motifs is 2. The molecule has 4 aromatic carbocycles. The minimum Gasteiger partial charge on any atom is -0.497 e. The molecule has 1 fully saturated rings. The molecule has 4 aromatic rings. The van der Waals surface area contributed by atoms with Gasteiger partial charge < -0.3 is 29.1 Å². The van der Waals surface area contributed by atoms with Crippen molar-refractivity contribution in [3.8, 4) is 5.75 Å². The molecule has 12 nitrogen and oxygen atoms in total. The summed E-state index contributed by atoms with van der Waals surface area (Å²) in [5.74, 6) is -0.579. The first kappa shape index (κ1) is 43.5. The van der Waals surface area contributed by atoms with Crippen molar-refractivity contribution in [1.29, 1.82) is 0 Å². The van der Waals surface area contributed by atoms with Crippen LogP contribution in [0.15, 0.2) is 108 Å². The van der Waals surface area contributed by atoms with E-state index in [9.17, 15) is 19.5 Å². The topological polar surface area (TPSA) is 138 Å². The van der Waals surface area contributed by atoms with Crippen LogP contribution in [0, 0.1) is 5.92 Å². The molecule has 1 N–H and O–H groups in total. The number of carbonyl (C=O) groups excluding carboxylic acids is 4. The number of anilines is 2. The Morgan fingerprint density at radius 2 is 1.64 bits per heavy atom. The van der Waals surface area contributed by atoms with Crippen LogP contribution in [0.5, 0.6) is 5.75 Å². The predicted molar refractivity (Wildman–Crippen MR) is 237 cm³/mol. The van der Waals surface area contributed by atoms with Gasteiger partial charge in [-0.05, 0) is 59.8 Å². The standard InChI is InChI=1S/C48H56N4O8Si/c1-33-46(61(4,5)38-22-20-37(58-2)21-23-38)42(31-44(55)50(28-29-53)32-34-14-8-6-9-15-34)60-48(33)39-30-36(52-43(54)26-24-40(49-52)35-16-10-7-11-17-35)19-25-41(39)51(47(48)57)27-13-12-18-45(56)59-3/h6-11,14-17,19-23,25,30,33,42,46,53H,12-13,18,24,26-29,31-32H2,1-5H3/t33-,42+,46-,48+/m0/s1. The van der Waals surface area contributed by atoms with Crippen LogP contribution in [0.4, 0.5) is 11.4 Å². The second kappa shape index (κ2) is 18.5. The van der Waals surface area contributed by atoms with Crippen LogP contribution in [-0.4, -0.2) is 87.5 Å². The van der Waals surface area contributed by atoms with Crippen molar-refractivity contribution < 1.29 is 38.5 Å². The summed E-state index contributed by atoms with van der Waals surface area (Å²) in [4.78, 5) is 59.1. The predicted octanol–water partition coefficient (Wildman–Crippen LogP) is 6.54. The van der Waals surface area contributed by atoms with Gasteiger partial charge in [0.2, 0.25) is 11.8 Å². The van der Waals surface area contributed by atoms with Crippen molar-refractivity contribution in [2.45, 2.75) is 82.3 Å². The zero-order valence-electron chi connectivity index (χ0n) is 35.7. The molecule has 1 saturated heterocycles. The van der Waals surface area contributed by atoms with Gasteiger partial charge in [-0.2, -0.15) is 5.10 Å². The van der Waals surface area contributed by atoms with E-state index >= 15 is 4.79 Å². The van der Waals surface area contributed by atoms with Crippen LogP contribution < -0.4 is 19.8 Å². The van der Waals surface area contributed by atoms with E-state index in [0.717, 1.165) is 27.8 Å². The Kier molecular flexibility index (Phi) is 13.2. The summed E-state index contributed by atoms with van der Waals surface area (Å²) >= 11 is 0. The van der Waals surface area contributed by atoms with Crippen molar-refractivity contribution in [2.24, 2.45) is 11.0 Å². The Labute approximate surface area is 359 Å². The number of ether oxygens (including phenoxy) is 3. The van der Waals surface area contributed by atoms with Crippen LogP contribution in [-0.2, 0) is 40.8 Å². The normalized spacial score (nSPS) is 21.1. The molecule has 61 heavy (non-hydrogen) atoms. The number of nitrogens with zero attached hydrogens (tertiary/aromatic N) is 4. The summed E-state index contributed by atoms with van der Waals surface area (Å²) in [6.45, 7) is 7.17. The van der Waals surface area contributed by atoms with E-state index in [-0.39, 0.29) is 61.6 Å². The van der Waals surface area contributed by atoms with Gasteiger partial charge in [0.1, 0.15) is 5.75 Å². The molecule has 3 amide bonds. The van der Waals surface area contributed by atoms with Gasteiger partial charge in [-0.15, -0.1) is 0 Å². The first-order chi connectivity index (χ1) is 29.4. The minimum atomic E-state index is -2.63. The third-order valence-corrected chi connectivity index (χ3v) is 17.1. The Morgan fingerprint density at radius 1 is 0.934 bits per heavy atom. The molecule has 0 aromatic heterocycles. The number of carbonyl (C=O) groups is 4. The number of esters is 1. The van der Waals surface area contributed by atoms with E-state index in [2.05, 4.69) is 32.2 Å². The molecular weight excluding hydrogens is 789 g/mol. The molecular formula is C48H56N4O8Si. The smallest absolute Gasteiger partial charge is 0.305 e. The lowest BCUT2D eigenvalue weighted by molar-refractivity contribution is -0.149. The third-order valence-electron chi connectivity index (χ3n) is 12.8. The number of methoxy groups -OCH3 is 2. The number of aliphatic hydroxyl groups is 1. The molecule has 0 radical (unpaired) electrons. The lowest BCUT2D eigenvalue weighted by Gasteiger charge is -2.37. The molecule has 320 valence electrons. The van der Waals surface area contributed by atoms with Crippen molar-refractivity contribution in [3.63, 3.8) is 0 Å². The first-order valence-corrected chi connectivity index (χ1v) is 24.2. The summed E-state index contributed by atoms with van der Waals surface area (Å²) in [7, 11) is 0.365. The average Bonchev–Trinajstić information content (AvgIpc) is 3.70. The van der Waals surface area contributed by atoms with E-state index in [1.165, 1.54) is 12.1 Å². The first-order valence-electron chi connectivity index (χ1n) is 21.2. The van der Waals surface area contributed by atoms with Crippen LogP contribution in [0.2, 0.25) is 18.6 Å². The molecule has 3 aliphatic rings. The van der Waals surface area contributed by atoms with Gasteiger partial charge in [-0.3, -0.25) is 19.2 Å². The van der Waals surface area contributed by atoms with Gasteiger partial charge in [0.05, 0.1) is 58.5 Å². The summed E-state index contributed by atoms with van der Waals surface area (Å²) in [6.07, 6.45) is 1.37. The van der Waals surface area contributed by atoms with Gasteiger partial charge >= 0.3 is 5.97 Å². The van der Waals surface area contributed by atoms with Crippen LogP contribution in [0.3, 0.4) is 0 Å². The van der Waals surface area contributed by atoms with E-state index in [1.807, 2.05) is 91.0 Å². The Hall–Kier alpha value is -5.63. The number of hydrazone groups is 1. The quantitative estimate of drug-likeness (QED) is 0.0763. The fourth-order valence-corrected chi connectivity index (χ4v) is 13.6. The molecule has 0 aliphatic carbocycles. The van der Waals surface area contributed by atoms with Crippen molar-refractivity contribution in [3.05, 3.63) is 120 Å². The van der Waals surface area contributed by atoms with E-state index in [0.29, 0.717) is 49.3 Å². The number of rotatable bonds is 16. The highest BCUT2D eigenvalue weighted by molar-refractivity contribution is 6.91. The molecule has 3 heterocycles. The molecule has 0 saturated carbocycles. The maximum absolute atomic E-state index is 15.4. The maximum Gasteiger partial charge on any atom is 0.305 e. The number of aliphatic hydroxyl groups excluding tert-OH is 1. The van der Waals surface area contributed by atoms with Crippen molar-refractivity contribution in [1.82, 2.24) is 4.90 Å². The van der Waals surface area contributed by atoms with Gasteiger partial charge in [0.25, 0.3) is 5.91 Å². The second-order valence-electron chi connectivity index (χ2n) is 16.7. The summed E-state index contributed by atoms with van der Waals surface area (Å²) < 4.78 is 17.7. The zero-order chi connectivity index (χ0) is 43.3. The van der Waals surface area contributed by atoms with Gasteiger partial charge in [-0.25, -0.2) is 5.01 Å². The SMILES string of the molecule is COC(=O)CCCCN1C(=O)[C@]2(O[C@H](CC(=O)N(CCO)Cc3ccccc3)[C@@H]([Si](C)(C)c3ccc(OC)cc3)[C@@H]2C)c2cc(N3N=C(c4ccccc4)CCC3=O)ccc21. The molecule has 7 rings (SSSR count). The van der Waals surface area contributed by atoms with Crippen molar-refractivity contribution in [2.75, 3.05) is 43.8 Å². The van der Waals surface area contributed by atoms with E-state index in [4.69, 9.17) is 19.3 Å². The second-order valence-corrected chi connectivity index (χ2v) is 21.4. The lowest BCUT2D eigenvalue weighted by atomic mass is 9.82. The Morgan fingerprint density at radius 3 is 2.31 bits per heavy atom. The molecule has 3 aliphatic heterocycles. The van der Waals surface area contributed by atoms with Crippen LogP contribution >= 0.6 is 0 Å². The van der Waals surface area contributed by atoms with E-state index < -0.39 is 25.7 Å². The highest BCUT2D eigenvalue weighted by atomic mass is 28.3. The van der Waals surface area contributed by atoms with Crippen molar-refractivity contribution >= 4 is 54.0 Å². The third kappa shape index (κ3) is 8.64. The Bertz CT molecular complexity index is 2250. The van der Waals surface area contributed by atoms with Gasteiger partial charge in [-0.1, -0.05) is 98.0 Å². The van der Waals surface area contributed by atoms with Crippen LogP contribution in [0.1, 0.15) is 62.1 Å². The lowest BCUT2D eigenvalue weighted by Crippen LogP contribution is -2.52. The van der Waals surface area contributed by atoms with Crippen LogP contribution in [0.25, 0.3) is 0 Å². The number of hydrogen-bond acceptors (Lipinski definition) is 9. The summed E-state index contributed by atoms with van der Waals surface area (Å²) in [5.41, 5.74) is 2.72. The fraction of sp³-hybridized carbons (Fsp3) is 0.396. The average molecular weight is 845 g/mol. The number of unbranched alkanes of at least 4 members (excludes halogenated alkanes) is 1. The minimum absolute atomic E-state index is 0.00700. The van der Waals surface area contributed by atoms with E-state index in [1.54, 1.807) is 16.9 Å². The molecule has 0 bridgehead atoms. The molecule has 1 spiro atoms. The highest BCUT2D eigenvalue weighted by Gasteiger charge is 2.66. The fourth-order valence-electron chi connectivity index (χ4n) is 9.61. The van der Waals surface area contributed by atoms with Gasteiger partial charge in [0.15, 0.2) is 5.60 Å². The molecule has 0 unspecified atom stereocenters. The summed E-state index contributed by atoms with van der Waals surface area (Å²) in [5, 5.41) is 17.5. The summed E-state index contributed by atoms with van der Waals surface area (Å²) in [6, 6.07) is 33.1. The Balaban J connectivity index is 1.33. The molecule has 13 heteroatoms. The van der Waals surface area contributed by atoms with Gasteiger partial charge in [0, 0.05) is 50.4 Å².